The molecule has 1 saturated carbocycles. The van der Waals surface area contributed by atoms with E-state index < -0.39 is 5.41 Å². The zero-order chi connectivity index (χ0) is 26.4. The molecule has 1 fully saturated rings. The number of hydrogen-bond acceptors (Lipinski definition) is 4. The van der Waals surface area contributed by atoms with Gasteiger partial charge in [0.15, 0.2) is 0 Å². The van der Waals surface area contributed by atoms with Crippen LogP contribution in [0.5, 0.6) is 23.0 Å². The van der Waals surface area contributed by atoms with Gasteiger partial charge in [0.05, 0.1) is 0 Å². The molecule has 0 aliphatic heterocycles. The predicted molar refractivity (Wildman–Crippen MR) is 148 cm³/mol. The Morgan fingerprint density at radius 3 is 1.38 bits per heavy atom. The Morgan fingerprint density at radius 1 is 0.568 bits per heavy atom. The van der Waals surface area contributed by atoms with Gasteiger partial charge in [0.1, 0.15) is 23.0 Å². The van der Waals surface area contributed by atoms with E-state index in [9.17, 15) is 20.4 Å². The van der Waals surface area contributed by atoms with Gasteiger partial charge in [-0.05, 0) is 113 Å². The van der Waals surface area contributed by atoms with Crippen molar-refractivity contribution in [1.82, 2.24) is 0 Å². The lowest BCUT2D eigenvalue weighted by molar-refractivity contribution is 0.127. The Kier molecular flexibility index (Phi) is 6.15. The first kappa shape index (κ1) is 24.8. The van der Waals surface area contributed by atoms with Gasteiger partial charge in [0.2, 0.25) is 0 Å². The quantitative estimate of drug-likeness (QED) is 0.232. The third-order valence-corrected chi connectivity index (χ3v) is 7.77. The van der Waals surface area contributed by atoms with E-state index in [2.05, 4.69) is 20.8 Å². The Labute approximate surface area is 218 Å². The third kappa shape index (κ3) is 4.76. The van der Waals surface area contributed by atoms with Crippen LogP contribution in [0, 0.1) is 11.3 Å². The van der Waals surface area contributed by atoms with Gasteiger partial charge in [-0.1, -0.05) is 57.2 Å². The van der Waals surface area contributed by atoms with Crippen LogP contribution in [-0.2, 0) is 5.41 Å². The first-order chi connectivity index (χ1) is 17.6. The zero-order valence-electron chi connectivity index (χ0n) is 21.6. The molecule has 4 nitrogen and oxygen atoms in total. The van der Waals surface area contributed by atoms with E-state index in [4.69, 9.17) is 0 Å². The van der Waals surface area contributed by atoms with Crippen LogP contribution in [-0.4, -0.2) is 20.4 Å². The summed E-state index contributed by atoms with van der Waals surface area (Å²) in [7, 11) is 0. The first-order valence-corrected chi connectivity index (χ1v) is 12.8. The number of rotatable bonds is 4. The molecule has 0 amide bonds. The summed E-state index contributed by atoms with van der Waals surface area (Å²) in [6.07, 6.45) is 2.90. The van der Waals surface area contributed by atoms with E-state index in [1.54, 1.807) is 36.4 Å². The molecule has 1 aliphatic carbocycles. The lowest BCUT2D eigenvalue weighted by atomic mass is 9.54. The summed E-state index contributed by atoms with van der Waals surface area (Å²) in [5.41, 5.74) is 5.55. The van der Waals surface area contributed by atoms with Gasteiger partial charge in [-0.3, -0.25) is 0 Å². The monoisotopic (exact) mass is 494 g/mol. The fourth-order valence-corrected chi connectivity index (χ4v) is 6.79. The fraction of sp³-hybridized carbons (Fsp3) is 0.273. The highest BCUT2D eigenvalue weighted by Crippen LogP contribution is 2.57. The minimum Gasteiger partial charge on any atom is -0.508 e. The Morgan fingerprint density at radius 2 is 0.973 bits per heavy atom. The summed E-state index contributed by atoms with van der Waals surface area (Å²) in [5, 5.41) is 41.0. The summed E-state index contributed by atoms with van der Waals surface area (Å²) in [6.45, 7) is 6.94. The molecule has 0 saturated heterocycles. The van der Waals surface area contributed by atoms with Crippen LogP contribution in [0.4, 0.5) is 0 Å². The fourth-order valence-electron chi connectivity index (χ4n) is 6.79. The molecular formula is C33H34O4. The molecule has 0 radical (unpaired) electrons. The van der Waals surface area contributed by atoms with E-state index >= 15 is 0 Å². The van der Waals surface area contributed by atoms with Crippen LogP contribution in [0.3, 0.4) is 0 Å². The summed E-state index contributed by atoms with van der Waals surface area (Å²) in [4.78, 5) is 0. The van der Waals surface area contributed by atoms with Gasteiger partial charge in [0.25, 0.3) is 0 Å². The van der Waals surface area contributed by atoms with Crippen molar-refractivity contribution in [3.05, 3.63) is 96.1 Å². The highest BCUT2D eigenvalue weighted by Gasteiger charge is 2.47. The molecule has 1 atom stereocenters. The Balaban J connectivity index is 1.84. The average molecular weight is 495 g/mol. The minimum absolute atomic E-state index is 0.0475. The zero-order valence-corrected chi connectivity index (χ0v) is 21.6. The molecule has 0 aromatic heterocycles. The van der Waals surface area contributed by atoms with E-state index in [-0.39, 0.29) is 28.4 Å². The third-order valence-electron chi connectivity index (χ3n) is 7.77. The van der Waals surface area contributed by atoms with Crippen LogP contribution in [0.25, 0.3) is 22.3 Å². The molecule has 0 bridgehead atoms. The first-order valence-electron chi connectivity index (χ1n) is 12.8. The average Bonchev–Trinajstić information content (AvgIpc) is 2.83. The molecule has 37 heavy (non-hydrogen) atoms. The number of benzene rings is 4. The molecule has 4 aromatic rings. The SMILES string of the molecule is CC1CC(C)(C)CC(c2ccc(O)cc2-c2ccc(O)cc2)(c2ccc(O)cc2-c2ccc(O)cc2)C1. The van der Waals surface area contributed by atoms with Crippen molar-refractivity contribution < 1.29 is 20.4 Å². The van der Waals surface area contributed by atoms with Crippen molar-refractivity contribution in [1.29, 1.82) is 0 Å². The highest BCUT2D eigenvalue weighted by atomic mass is 16.3. The molecule has 5 rings (SSSR count). The lowest BCUT2D eigenvalue weighted by Crippen LogP contribution is -2.41. The van der Waals surface area contributed by atoms with Crippen molar-refractivity contribution in [3.63, 3.8) is 0 Å². The molecule has 190 valence electrons. The van der Waals surface area contributed by atoms with Gasteiger partial charge >= 0.3 is 0 Å². The Hall–Kier alpha value is -3.92. The second kappa shape index (κ2) is 9.19. The van der Waals surface area contributed by atoms with Crippen molar-refractivity contribution in [3.8, 4) is 45.3 Å². The van der Waals surface area contributed by atoms with Crippen molar-refractivity contribution in [2.45, 2.75) is 45.4 Å². The number of phenols is 4. The van der Waals surface area contributed by atoms with Crippen LogP contribution in [0.1, 0.15) is 51.2 Å². The number of phenolic OH excluding ortho intramolecular Hbond substituents is 4. The van der Waals surface area contributed by atoms with Gasteiger partial charge in [0, 0.05) is 5.41 Å². The lowest BCUT2D eigenvalue weighted by Gasteiger charge is -2.50. The molecule has 1 unspecified atom stereocenters. The summed E-state index contributed by atoms with van der Waals surface area (Å²) in [5.74, 6) is 1.21. The van der Waals surface area contributed by atoms with Gasteiger partial charge in [-0.25, -0.2) is 0 Å². The van der Waals surface area contributed by atoms with Gasteiger partial charge < -0.3 is 20.4 Å². The molecule has 4 heteroatoms. The number of aromatic hydroxyl groups is 4. The Bertz CT molecular complexity index is 1320. The normalized spacial score (nSPS) is 18.4. The minimum atomic E-state index is -0.414. The molecule has 0 spiro atoms. The molecule has 1 aliphatic rings. The topological polar surface area (TPSA) is 80.9 Å². The number of hydrogen-bond donors (Lipinski definition) is 4. The van der Waals surface area contributed by atoms with Crippen LogP contribution in [0.15, 0.2) is 84.9 Å². The predicted octanol–water partition coefficient (Wildman–Crippen LogP) is 7.98. The molecule has 0 heterocycles. The van der Waals surface area contributed by atoms with Gasteiger partial charge in [-0.2, -0.15) is 0 Å². The smallest absolute Gasteiger partial charge is 0.116 e. The highest BCUT2D eigenvalue weighted by molar-refractivity contribution is 5.77. The summed E-state index contributed by atoms with van der Waals surface area (Å²) >= 11 is 0. The van der Waals surface area contributed by atoms with Crippen molar-refractivity contribution in [2.24, 2.45) is 11.3 Å². The molecule has 4 N–H and O–H groups in total. The summed E-state index contributed by atoms with van der Waals surface area (Å²) < 4.78 is 0. The molecular weight excluding hydrogens is 460 g/mol. The van der Waals surface area contributed by atoms with Gasteiger partial charge in [-0.15, -0.1) is 0 Å². The maximum atomic E-state index is 10.5. The standard InChI is InChI=1S/C33H34O4/c1-21-18-32(2,3)20-33(19-21,30-14-12-26(36)16-28(30)22-4-8-24(34)9-5-22)31-15-13-27(37)17-29(31)23-6-10-25(35)11-7-23/h4-17,21,34-37H,18-20H2,1-3H3. The largest absolute Gasteiger partial charge is 0.508 e. The second-order valence-electron chi connectivity index (χ2n) is 11.5. The van der Waals surface area contributed by atoms with E-state index in [0.717, 1.165) is 52.6 Å². The summed E-state index contributed by atoms with van der Waals surface area (Å²) in [6, 6.07) is 25.5. The molecule has 4 aromatic carbocycles. The van der Waals surface area contributed by atoms with E-state index in [1.165, 1.54) is 0 Å². The van der Waals surface area contributed by atoms with E-state index in [1.807, 2.05) is 48.5 Å². The maximum absolute atomic E-state index is 10.5. The van der Waals surface area contributed by atoms with Crippen molar-refractivity contribution in [2.75, 3.05) is 0 Å². The van der Waals surface area contributed by atoms with Crippen LogP contribution >= 0.6 is 0 Å². The van der Waals surface area contributed by atoms with Crippen LogP contribution in [0.2, 0.25) is 0 Å². The van der Waals surface area contributed by atoms with Crippen molar-refractivity contribution >= 4 is 0 Å². The van der Waals surface area contributed by atoms with E-state index in [0.29, 0.717) is 5.92 Å². The van der Waals surface area contributed by atoms with Crippen LogP contribution < -0.4 is 0 Å². The second-order valence-corrected chi connectivity index (χ2v) is 11.5. The maximum Gasteiger partial charge on any atom is 0.116 e.